The van der Waals surface area contributed by atoms with Crippen LogP contribution in [0.3, 0.4) is 0 Å². The molecule has 0 amide bonds. The summed E-state index contributed by atoms with van der Waals surface area (Å²) in [5.41, 5.74) is 0. The van der Waals surface area contributed by atoms with Crippen LogP contribution in [-0.2, 0) is 4.74 Å². The Morgan fingerprint density at radius 1 is 1.46 bits per heavy atom. The molecule has 2 atom stereocenters. The zero-order chi connectivity index (χ0) is 10.1. The second-order valence-corrected chi connectivity index (χ2v) is 3.32. The lowest BCUT2D eigenvalue weighted by Crippen LogP contribution is -2.32. The van der Waals surface area contributed by atoms with Gasteiger partial charge in [0.1, 0.15) is 0 Å². The van der Waals surface area contributed by atoms with Crippen LogP contribution in [0.4, 0.5) is 13.2 Å². The summed E-state index contributed by atoms with van der Waals surface area (Å²) in [7, 11) is 1.40. The first-order chi connectivity index (χ1) is 5.95. The SMILES string of the molecule is COC[C@H]1CN(N)C[C@H]1C(F)(F)F. The van der Waals surface area contributed by atoms with Gasteiger partial charge in [0.2, 0.25) is 0 Å². The number of rotatable bonds is 2. The highest BCUT2D eigenvalue weighted by atomic mass is 19.4. The van der Waals surface area contributed by atoms with Gasteiger partial charge in [-0.05, 0) is 0 Å². The van der Waals surface area contributed by atoms with Gasteiger partial charge < -0.3 is 4.74 Å². The molecule has 0 aromatic carbocycles. The molecule has 0 saturated carbocycles. The summed E-state index contributed by atoms with van der Waals surface area (Å²) in [5, 5.41) is 1.20. The summed E-state index contributed by atoms with van der Waals surface area (Å²) in [5.74, 6) is 3.44. The quantitative estimate of drug-likeness (QED) is 0.661. The van der Waals surface area contributed by atoms with Crippen LogP contribution in [0.25, 0.3) is 0 Å². The number of alkyl halides is 3. The predicted octanol–water partition coefficient (Wildman–Crippen LogP) is 0.617. The molecule has 0 aromatic heterocycles. The maximum Gasteiger partial charge on any atom is 0.393 e. The van der Waals surface area contributed by atoms with Crippen molar-refractivity contribution < 1.29 is 17.9 Å². The van der Waals surface area contributed by atoms with Crippen LogP contribution in [0.2, 0.25) is 0 Å². The molecule has 0 spiro atoms. The van der Waals surface area contributed by atoms with Crippen LogP contribution in [0, 0.1) is 11.8 Å². The van der Waals surface area contributed by atoms with Crippen LogP contribution in [-0.4, -0.2) is 38.0 Å². The van der Waals surface area contributed by atoms with Crippen molar-refractivity contribution in [2.45, 2.75) is 6.18 Å². The van der Waals surface area contributed by atoms with E-state index in [1.54, 1.807) is 0 Å². The summed E-state index contributed by atoms with van der Waals surface area (Å²) >= 11 is 0. The number of methoxy groups -OCH3 is 1. The van der Waals surface area contributed by atoms with Crippen molar-refractivity contribution in [1.82, 2.24) is 5.01 Å². The summed E-state index contributed by atoms with van der Waals surface area (Å²) < 4.78 is 41.8. The van der Waals surface area contributed by atoms with Crippen molar-refractivity contribution in [2.75, 3.05) is 26.8 Å². The van der Waals surface area contributed by atoms with Gasteiger partial charge in [-0.1, -0.05) is 0 Å². The monoisotopic (exact) mass is 198 g/mol. The van der Waals surface area contributed by atoms with Crippen molar-refractivity contribution in [3.8, 4) is 0 Å². The van der Waals surface area contributed by atoms with Gasteiger partial charge in [0, 0.05) is 26.1 Å². The molecule has 1 saturated heterocycles. The number of nitrogens with zero attached hydrogens (tertiary/aromatic N) is 1. The van der Waals surface area contributed by atoms with E-state index in [1.165, 1.54) is 12.1 Å². The highest BCUT2D eigenvalue weighted by Gasteiger charge is 2.48. The fourth-order valence-electron chi connectivity index (χ4n) is 1.66. The van der Waals surface area contributed by atoms with Crippen molar-refractivity contribution >= 4 is 0 Å². The van der Waals surface area contributed by atoms with Crippen LogP contribution < -0.4 is 5.84 Å². The van der Waals surface area contributed by atoms with Crippen LogP contribution in [0.15, 0.2) is 0 Å². The van der Waals surface area contributed by atoms with E-state index in [9.17, 15) is 13.2 Å². The molecule has 13 heavy (non-hydrogen) atoms. The van der Waals surface area contributed by atoms with E-state index in [1.807, 2.05) is 0 Å². The van der Waals surface area contributed by atoms with Gasteiger partial charge in [0.15, 0.2) is 0 Å². The summed E-state index contributed by atoms with van der Waals surface area (Å²) in [6, 6.07) is 0. The molecular formula is C7H13F3N2O. The third-order valence-electron chi connectivity index (χ3n) is 2.27. The first kappa shape index (κ1) is 10.7. The van der Waals surface area contributed by atoms with Gasteiger partial charge >= 0.3 is 6.18 Å². The zero-order valence-electron chi connectivity index (χ0n) is 7.34. The van der Waals surface area contributed by atoms with Crippen molar-refractivity contribution in [3.63, 3.8) is 0 Å². The van der Waals surface area contributed by atoms with Gasteiger partial charge in [-0.15, -0.1) is 0 Å². The maximum absolute atomic E-state index is 12.4. The fourth-order valence-corrected chi connectivity index (χ4v) is 1.66. The molecule has 2 N–H and O–H groups in total. The van der Waals surface area contributed by atoms with Crippen molar-refractivity contribution in [1.29, 1.82) is 0 Å². The Morgan fingerprint density at radius 3 is 2.54 bits per heavy atom. The third kappa shape index (κ3) is 2.55. The van der Waals surface area contributed by atoms with E-state index in [2.05, 4.69) is 0 Å². The first-order valence-electron chi connectivity index (χ1n) is 4.00. The summed E-state index contributed by atoms with van der Waals surface area (Å²) in [4.78, 5) is 0. The molecule has 1 rings (SSSR count). The minimum atomic E-state index is -4.17. The van der Waals surface area contributed by atoms with E-state index in [4.69, 9.17) is 10.6 Å². The normalized spacial score (nSPS) is 31.2. The number of halogens is 3. The smallest absolute Gasteiger partial charge is 0.384 e. The van der Waals surface area contributed by atoms with Gasteiger partial charge in [0.25, 0.3) is 0 Å². The Labute approximate surface area is 74.6 Å². The standard InChI is InChI=1S/C7H13F3N2O/c1-13-4-5-2-12(11)3-6(5)7(8,9)10/h5-6H,2-4,11H2,1H3/t5-,6-/m1/s1. The Balaban J connectivity index is 2.60. The predicted molar refractivity (Wildman–Crippen MR) is 40.7 cm³/mol. The highest BCUT2D eigenvalue weighted by molar-refractivity contribution is 4.85. The fraction of sp³-hybridized carbons (Fsp3) is 1.00. The lowest BCUT2D eigenvalue weighted by atomic mass is 9.96. The molecule has 0 radical (unpaired) electrons. The molecule has 1 heterocycles. The second kappa shape index (κ2) is 3.81. The largest absolute Gasteiger partial charge is 0.393 e. The molecule has 3 nitrogen and oxygen atoms in total. The average Bonchev–Trinajstić information content (AvgIpc) is 2.30. The van der Waals surface area contributed by atoms with Crippen molar-refractivity contribution in [2.24, 2.45) is 17.7 Å². The molecule has 78 valence electrons. The number of hydrogen-bond acceptors (Lipinski definition) is 3. The molecule has 0 aliphatic carbocycles. The maximum atomic E-state index is 12.4. The van der Waals surface area contributed by atoms with E-state index in [0.717, 1.165) is 0 Å². The van der Waals surface area contributed by atoms with Crippen LogP contribution in [0.5, 0.6) is 0 Å². The Bertz CT molecular complexity index is 174. The lowest BCUT2D eigenvalue weighted by molar-refractivity contribution is -0.183. The minimum absolute atomic E-state index is 0.109. The number of hydrogen-bond donors (Lipinski definition) is 1. The molecule has 1 fully saturated rings. The summed E-state index contributed by atoms with van der Waals surface area (Å²) in [6.45, 7) is 0.230. The molecule has 1 aliphatic heterocycles. The van der Waals surface area contributed by atoms with Crippen molar-refractivity contribution in [3.05, 3.63) is 0 Å². The number of hydrazine groups is 1. The van der Waals surface area contributed by atoms with Crippen LogP contribution >= 0.6 is 0 Å². The Kier molecular flexibility index (Phi) is 3.15. The molecular weight excluding hydrogens is 185 g/mol. The minimum Gasteiger partial charge on any atom is -0.384 e. The van der Waals surface area contributed by atoms with Crippen LogP contribution in [0.1, 0.15) is 0 Å². The van der Waals surface area contributed by atoms with E-state index >= 15 is 0 Å². The van der Waals surface area contributed by atoms with Gasteiger partial charge in [-0.2, -0.15) is 13.2 Å². The molecule has 0 aromatic rings. The average molecular weight is 198 g/mol. The molecule has 0 bridgehead atoms. The lowest BCUT2D eigenvalue weighted by Gasteiger charge is -2.19. The van der Waals surface area contributed by atoms with Gasteiger partial charge in [-0.25, -0.2) is 5.01 Å². The number of nitrogens with two attached hydrogens (primary N) is 1. The second-order valence-electron chi connectivity index (χ2n) is 3.32. The Morgan fingerprint density at radius 2 is 2.08 bits per heavy atom. The topological polar surface area (TPSA) is 38.5 Å². The van der Waals surface area contributed by atoms with E-state index < -0.39 is 18.0 Å². The summed E-state index contributed by atoms with van der Waals surface area (Å²) in [6.07, 6.45) is -4.17. The molecule has 0 unspecified atom stereocenters. The molecule has 6 heteroatoms. The Hall–Kier alpha value is -0.330. The number of ether oxygens (including phenoxy) is 1. The van der Waals surface area contributed by atoms with E-state index in [-0.39, 0.29) is 19.7 Å². The van der Waals surface area contributed by atoms with E-state index in [0.29, 0.717) is 0 Å². The van der Waals surface area contributed by atoms with Gasteiger partial charge in [0.05, 0.1) is 12.5 Å². The third-order valence-corrected chi connectivity index (χ3v) is 2.27. The molecule has 1 aliphatic rings. The first-order valence-corrected chi connectivity index (χ1v) is 4.00. The van der Waals surface area contributed by atoms with Gasteiger partial charge in [-0.3, -0.25) is 5.84 Å². The highest BCUT2D eigenvalue weighted by Crippen LogP contribution is 2.36. The zero-order valence-corrected chi connectivity index (χ0v) is 7.34.